The van der Waals surface area contributed by atoms with E-state index in [0.717, 1.165) is 36.6 Å². The highest BCUT2D eigenvalue weighted by atomic mass is 16.2. The zero-order valence-electron chi connectivity index (χ0n) is 11.9. The van der Waals surface area contributed by atoms with Crippen LogP contribution in [-0.2, 0) is 0 Å². The molecule has 1 aromatic heterocycles. The van der Waals surface area contributed by atoms with E-state index in [1.54, 1.807) is 6.20 Å². The van der Waals surface area contributed by atoms with E-state index in [1.165, 1.54) is 6.42 Å². The van der Waals surface area contributed by atoms with Gasteiger partial charge in [-0.1, -0.05) is 31.2 Å². The van der Waals surface area contributed by atoms with Gasteiger partial charge in [-0.15, -0.1) is 0 Å². The second-order valence-electron chi connectivity index (χ2n) is 5.47. The van der Waals surface area contributed by atoms with E-state index < -0.39 is 0 Å². The van der Waals surface area contributed by atoms with E-state index in [9.17, 15) is 4.79 Å². The monoisotopic (exact) mass is 268 g/mol. The lowest BCUT2D eigenvalue weighted by molar-refractivity contribution is 0.0602. The van der Waals surface area contributed by atoms with Crippen LogP contribution in [0.2, 0.25) is 0 Å². The van der Waals surface area contributed by atoms with Crippen molar-refractivity contribution in [3.05, 3.63) is 42.2 Å². The van der Waals surface area contributed by atoms with Crippen molar-refractivity contribution in [2.45, 2.75) is 38.6 Å². The molecule has 0 spiro atoms. The Bertz CT molecular complexity index is 623. The van der Waals surface area contributed by atoms with Gasteiger partial charge in [-0.2, -0.15) is 0 Å². The molecule has 0 bridgehead atoms. The summed E-state index contributed by atoms with van der Waals surface area (Å²) in [5, 5.41) is 2.16. The van der Waals surface area contributed by atoms with Crippen molar-refractivity contribution in [1.82, 2.24) is 9.88 Å². The van der Waals surface area contributed by atoms with Gasteiger partial charge in [0.05, 0.1) is 0 Å². The minimum absolute atomic E-state index is 0.0855. The first-order valence-corrected chi connectivity index (χ1v) is 7.45. The third-order valence-corrected chi connectivity index (χ3v) is 4.21. The summed E-state index contributed by atoms with van der Waals surface area (Å²) in [6.45, 7) is 3.02. The largest absolute Gasteiger partial charge is 0.334 e. The third kappa shape index (κ3) is 2.40. The lowest BCUT2D eigenvalue weighted by atomic mass is 9.99. The average molecular weight is 268 g/mol. The Morgan fingerprint density at radius 3 is 2.90 bits per heavy atom. The number of piperidine rings is 1. The summed E-state index contributed by atoms with van der Waals surface area (Å²) in [5.74, 6) is 0.0855. The molecular formula is C17H20N2O. The fourth-order valence-electron chi connectivity index (χ4n) is 3.04. The van der Waals surface area contributed by atoms with Crippen molar-refractivity contribution in [2.75, 3.05) is 6.54 Å². The molecule has 2 aromatic rings. The predicted octanol–water partition coefficient (Wildman–Crippen LogP) is 3.64. The summed E-state index contributed by atoms with van der Waals surface area (Å²) in [6, 6.07) is 10.3. The van der Waals surface area contributed by atoms with Crippen molar-refractivity contribution in [1.29, 1.82) is 0 Å². The standard InChI is InChI=1S/C17H20N2O/c1-2-15-9-5-6-10-19(15)17(20)16-11-13-7-3-4-8-14(13)12-18-16/h3-4,7-8,11-12,15H,2,5-6,9-10H2,1H3. The van der Waals surface area contributed by atoms with E-state index in [4.69, 9.17) is 0 Å². The van der Waals surface area contributed by atoms with Gasteiger partial charge in [0, 0.05) is 24.2 Å². The van der Waals surface area contributed by atoms with Crippen LogP contribution in [0.5, 0.6) is 0 Å². The van der Waals surface area contributed by atoms with Gasteiger partial charge in [0.2, 0.25) is 0 Å². The number of rotatable bonds is 2. The number of benzene rings is 1. The molecule has 1 aromatic carbocycles. The molecule has 1 fully saturated rings. The van der Waals surface area contributed by atoms with Gasteiger partial charge in [-0.3, -0.25) is 9.78 Å². The Morgan fingerprint density at radius 1 is 1.30 bits per heavy atom. The van der Waals surface area contributed by atoms with Crippen molar-refractivity contribution in [2.24, 2.45) is 0 Å². The molecule has 104 valence electrons. The van der Waals surface area contributed by atoms with Crippen molar-refractivity contribution < 1.29 is 4.79 Å². The average Bonchev–Trinajstić information content (AvgIpc) is 2.53. The minimum atomic E-state index is 0.0855. The van der Waals surface area contributed by atoms with Gasteiger partial charge in [0.15, 0.2) is 0 Å². The van der Waals surface area contributed by atoms with E-state index >= 15 is 0 Å². The zero-order valence-corrected chi connectivity index (χ0v) is 11.9. The Morgan fingerprint density at radius 2 is 2.10 bits per heavy atom. The lowest BCUT2D eigenvalue weighted by Gasteiger charge is -2.35. The first-order valence-electron chi connectivity index (χ1n) is 7.45. The SMILES string of the molecule is CCC1CCCCN1C(=O)c1cc2ccccc2cn1. The van der Waals surface area contributed by atoms with Gasteiger partial charge in [-0.05, 0) is 37.1 Å². The summed E-state index contributed by atoms with van der Waals surface area (Å²) in [5.41, 5.74) is 0.573. The van der Waals surface area contributed by atoms with Crippen molar-refractivity contribution in [3.63, 3.8) is 0 Å². The molecule has 0 saturated carbocycles. The van der Waals surface area contributed by atoms with E-state index in [2.05, 4.69) is 11.9 Å². The van der Waals surface area contributed by atoms with Crippen LogP contribution in [0.15, 0.2) is 36.5 Å². The normalized spacial score (nSPS) is 19.2. The number of pyridine rings is 1. The second kappa shape index (κ2) is 5.61. The number of likely N-dealkylation sites (tertiary alicyclic amines) is 1. The second-order valence-corrected chi connectivity index (χ2v) is 5.47. The fourth-order valence-corrected chi connectivity index (χ4v) is 3.04. The third-order valence-electron chi connectivity index (χ3n) is 4.21. The first kappa shape index (κ1) is 13.1. The Hall–Kier alpha value is -1.90. The van der Waals surface area contributed by atoms with Gasteiger partial charge < -0.3 is 4.90 Å². The summed E-state index contributed by atoms with van der Waals surface area (Å²) < 4.78 is 0. The highest BCUT2D eigenvalue weighted by Crippen LogP contribution is 2.22. The number of hydrogen-bond donors (Lipinski definition) is 0. The molecule has 0 radical (unpaired) electrons. The molecule has 3 rings (SSSR count). The molecule has 0 aliphatic carbocycles. The highest BCUT2D eigenvalue weighted by molar-refractivity contribution is 5.96. The van der Waals surface area contributed by atoms with Crippen LogP contribution in [0, 0.1) is 0 Å². The van der Waals surface area contributed by atoms with Crippen molar-refractivity contribution in [3.8, 4) is 0 Å². The summed E-state index contributed by atoms with van der Waals surface area (Å²) in [6.07, 6.45) is 6.28. The predicted molar refractivity (Wildman–Crippen MR) is 80.7 cm³/mol. The number of fused-ring (bicyclic) bond motifs is 1. The van der Waals surface area contributed by atoms with Gasteiger partial charge >= 0.3 is 0 Å². The zero-order chi connectivity index (χ0) is 13.9. The van der Waals surface area contributed by atoms with Crippen LogP contribution in [0.3, 0.4) is 0 Å². The molecule has 3 nitrogen and oxygen atoms in total. The summed E-state index contributed by atoms with van der Waals surface area (Å²) >= 11 is 0. The topological polar surface area (TPSA) is 33.2 Å². The number of amides is 1. The molecule has 1 unspecified atom stereocenters. The molecule has 2 heterocycles. The minimum Gasteiger partial charge on any atom is -0.334 e. The highest BCUT2D eigenvalue weighted by Gasteiger charge is 2.26. The van der Waals surface area contributed by atoms with E-state index in [1.807, 2.05) is 35.2 Å². The van der Waals surface area contributed by atoms with Crippen LogP contribution >= 0.6 is 0 Å². The maximum atomic E-state index is 12.7. The van der Waals surface area contributed by atoms with Gasteiger partial charge in [-0.25, -0.2) is 0 Å². The van der Waals surface area contributed by atoms with Crippen LogP contribution in [-0.4, -0.2) is 28.4 Å². The Kier molecular flexibility index (Phi) is 3.68. The first-order chi connectivity index (χ1) is 9.79. The maximum Gasteiger partial charge on any atom is 0.272 e. The van der Waals surface area contributed by atoms with Crippen LogP contribution < -0.4 is 0 Å². The molecule has 1 atom stereocenters. The van der Waals surface area contributed by atoms with Crippen LogP contribution in [0.1, 0.15) is 43.1 Å². The number of nitrogens with zero attached hydrogens (tertiary/aromatic N) is 2. The van der Waals surface area contributed by atoms with E-state index in [-0.39, 0.29) is 5.91 Å². The van der Waals surface area contributed by atoms with Crippen LogP contribution in [0.25, 0.3) is 10.8 Å². The van der Waals surface area contributed by atoms with Crippen molar-refractivity contribution >= 4 is 16.7 Å². The molecule has 1 aliphatic heterocycles. The lowest BCUT2D eigenvalue weighted by Crippen LogP contribution is -2.43. The maximum absolute atomic E-state index is 12.7. The van der Waals surface area contributed by atoms with E-state index in [0.29, 0.717) is 11.7 Å². The number of aromatic nitrogens is 1. The van der Waals surface area contributed by atoms with Gasteiger partial charge in [0.25, 0.3) is 5.91 Å². The molecule has 0 N–H and O–H groups in total. The number of hydrogen-bond acceptors (Lipinski definition) is 2. The number of carbonyl (C=O) groups excluding carboxylic acids is 1. The van der Waals surface area contributed by atoms with Gasteiger partial charge in [0.1, 0.15) is 5.69 Å². The fraction of sp³-hybridized carbons (Fsp3) is 0.412. The molecule has 20 heavy (non-hydrogen) atoms. The molecular weight excluding hydrogens is 248 g/mol. The molecule has 1 amide bonds. The molecule has 3 heteroatoms. The summed E-state index contributed by atoms with van der Waals surface area (Å²) in [7, 11) is 0. The Balaban J connectivity index is 1.91. The molecule has 1 aliphatic rings. The molecule has 1 saturated heterocycles. The smallest absolute Gasteiger partial charge is 0.272 e. The van der Waals surface area contributed by atoms with Crippen LogP contribution in [0.4, 0.5) is 0 Å². The number of carbonyl (C=O) groups is 1. The summed E-state index contributed by atoms with van der Waals surface area (Å²) in [4.78, 5) is 19.1. The quantitative estimate of drug-likeness (QED) is 0.833. The Labute approximate surface area is 119 Å².